The van der Waals surface area contributed by atoms with Crippen molar-refractivity contribution in [2.24, 2.45) is 0 Å². The van der Waals surface area contributed by atoms with Gasteiger partial charge in [0.1, 0.15) is 18.1 Å². The number of Topliss-reactive ketones (excluding diaryl/α,β-unsaturated/α-hetero) is 1. The number of aliphatic carboxylic acids is 1. The number of carboxylic acid groups (broad SMARTS) is 1. The summed E-state index contributed by atoms with van der Waals surface area (Å²) in [5, 5.41) is 16.3. The number of carbonyl (C=O) groups excluding carboxylic acids is 5. The Labute approximate surface area is 210 Å². The Morgan fingerprint density at radius 2 is 1.64 bits per heavy atom. The maximum absolute atomic E-state index is 13.0. The van der Waals surface area contributed by atoms with Gasteiger partial charge in [-0.05, 0) is 45.6 Å². The number of amides is 4. The summed E-state index contributed by atoms with van der Waals surface area (Å²) in [5.74, 6) is -3.39. The van der Waals surface area contributed by atoms with Crippen LogP contribution < -0.4 is 16.0 Å². The van der Waals surface area contributed by atoms with Crippen LogP contribution in [0, 0.1) is 0 Å². The number of hydrogen-bond donors (Lipinski definition) is 4. The van der Waals surface area contributed by atoms with Gasteiger partial charge in [0.2, 0.25) is 23.6 Å². The van der Waals surface area contributed by atoms with Gasteiger partial charge in [-0.2, -0.15) is 0 Å². The number of hydrogen-bond acceptors (Lipinski definition) is 6. The van der Waals surface area contributed by atoms with Crippen LogP contribution in [0.1, 0.15) is 52.0 Å². The van der Waals surface area contributed by atoms with Crippen molar-refractivity contribution >= 4 is 35.4 Å². The van der Waals surface area contributed by atoms with Crippen molar-refractivity contribution in [1.82, 2.24) is 20.9 Å². The van der Waals surface area contributed by atoms with Gasteiger partial charge >= 0.3 is 5.97 Å². The molecule has 0 aromatic heterocycles. The minimum atomic E-state index is -1.12. The predicted molar refractivity (Wildman–Crippen MR) is 130 cm³/mol. The lowest BCUT2D eigenvalue weighted by atomic mass is 10.0. The van der Waals surface area contributed by atoms with Gasteiger partial charge in [0.05, 0.1) is 12.5 Å². The number of carbonyl (C=O) groups is 6. The molecule has 11 nitrogen and oxygen atoms in total. The molecule has 4 amide bonds. The minimum Gasteiger partial charge on any atom is -0.481 e. The molecule has 4 unspecified atom stereocenters. The number of benzene rings is 1. The third kappa shape index (κ3) is 8.47. The molecule has 4 N–H and O–H groups in total. The fraction of sp³-hybridized carbons (Fsp3) is 0.520. The molecule has 1 aliphatic heterocycles. The second-order valence-electron chi connectivity index (χ2n) is 8.96. The Balaban J connectivity index is 1.94. The van der Waals surface area contributed by atoms with Gasteiger partial charge in [0.15, 0.2) is 5.78 Å². The highest BCUT2D eigenvalue weighted by atomic mass is 16.4. The fourth-order valence-electron chi connectivity index (χ4n) is 3.97. The topological polar surface area (TPSA) is 162 Å². The number of nitrogens with zero attached hydrogens (tertiary/aromatic N) is 1. The average molecular weight is 503 g/mol. The van der Waals surface area contributed by atoms with E-state index in [0.29, 0.717) is 25.8 Å². The highest BCUT2D eigenvalue weighted by Gasteiger charge is 2.37. The summed E-state index contributed by atoms with van der Waals surface area (Å²) in [5.41, 5.74) is 0.901. The van der Waals surface area contributed by atoms with Crippen molar-refractivity contribution < 1.29 is 33.9 Å². The van der Waals surface area contributed by atoms with Gasteiger partial charge in [-0.15, -0.1) is 0 Å². The van der Waals surface area contributed by atoms with E-state index in [2.05, 4.69) is 16.0 Å². The molecule has 2 rings (SSSR count). The maximum atomic E-state index is 13.0. The second kappa shape index (κ2) is 13.4. The Bertz CT molecular complexity index is 982. The maximum Gasteiger partial charge on any atom is 0.303 e. The van der Waals surface area contributed by atoms with E-state index >= 15 is 0 Å². The van der Waals surface area contributed by atoms with Gasteiger partial charge < -0.3 is 26.0 Å². The Kier molecular flexibility index (Phi) is 10.6. The van der Waals surface area contributed by atoms with E-state index in [1.807, 2.05) is 30.3 Å². The number of likely N-dealkylation sites (tertiary alicyclic amines) is 1. The lowest BCUT2D eigenvalue weighted by molar-refractivity contribution is -0.142. The van der Waals surface area contributed by atoms with Crippen LogP contribution in [0.5, 0.6) is 0 Å². The van der Waals surface area contributed by atoms with E-state index in [0.717, 1.165) is 5.56 Å². The van der Waals surface area contributed by atoms with Crippen LogP contribution in [0.3, 0.4) is 0 Å². The quantitative estimate of drug-likeness (QED) is 0.317. The van der Waals surface area contributed by atoms with E-state index in [9.17, 15) is 28.8 Å². The highest BCUT2D eigenvalue weighted by Crippen LogP contribution is 2.19. The molecule has 11 heteroatoms. The molecular formula is C25H34N4O7. The van der Waals surface area contributed by atoms with Crippen LogP contribution in [-0.4, -0.2) is 76.1 Å². The summed E-state index contributed by atoms with van der Waals surface area (Å²) in [6.45, 7) is 4.65. The first-order chi connectivity index (χ1) is 17.0. The Morgan fingerprint density at radius 1 is 0.972 bits per heavy atom. The monoisotopic (exact) mass is 502 g/mol. The summed E-state index contributed by atoms with van der Waals surface area (Å²) in [7, 11) is 0. The number of carboxylic acids is 1. The lowest BCUT2D eigenvalue weighted by Crippen LogP contribution is -2.56. The third-order valence-electron chi connectivity index (χ3n) is 5.99. The fourth-order valence-corrected chi connectivity index (χ4v) is 3.97. The van der Waals surface area contributed by atoms with Gasteiger partial charge in [-0.1, -0.05) is 30.3 Å². The van der Waals surface area contributed by atoms with Crippen molar-refractivity contribution in [2.75, 3.05) is 6.54 Å². The molecule has 0 spiro atoms. The largest absolute Gasteiger partial charge is 0.481 e. The van der Waals surface area contributed by atoms with Crippen LogP contribution in [0.2, 0.25) is 0 Å². The highest BCUT2D eigenvalue weighted by molar-refractivity contribution is 5.95. The van der Waals surface area contributed by atoms with Crippen molar-refractivity contribution in [3.63, 3.8) is 0 Å². The van der Waals surface area contributed by atoms with E-state index in [1.165, 1.54) is 25.7 Å². The SMILES string of the molecule is CC(=O)C(Cc1ccccc1)NC(=O)C1CCCN1C(=O)C(C)NC(=O)C(C)NC(=O)CCC(=O)O. The summed E-state index contributed by atoms with van der Waals surface area (Å²) in [6, 6.07) is 5.88. The molecule has 196 valence electrons. The molecule has 0 saturated carbocycles. The molecule has 0 bridgehead atoms. The smallest absolute Gasteiger partial charge is 0.303 e. The van der Waals surface area contributed by atoms with Crippen molar-refractivity contribution in [2.45, 2.75) is 77.0 Å². The number of nitrogens with one attached hydrogen (secondary N) is 3. The van der Waals surface area contributed by atoms with E-state index < -0.39 is 53.8 Å². The molecule has 1 saturated heterocycles. The second-order valence-corrected chi connectivity index (χ2v) is 8.96. The molecule has 1 aromatic carbocycles. The van der Waals surface area contributed by atoms with E-state index in [4.69, 9.17) is 5.11 Å². The zero-order valence-electron chi connectivity index (χ0n) is 20.8. The molecule has 36 heavy (non-hydrogen) atoms. The van der Waals surface area contributed by atoms with Crippen molar-refractivity contribution in [1.29, 1.82) is 0 Å². The van der Waals surface area contributed by atoms with Crippen LogP contribution in [-0.2, 0) is 35.2 Å². The zero-order valence-corrected chi connectivity index (χ0v) is 20.8. The molecule has 1 fully saturated rings. The lowest BCUT2D eigenvalue weighted by Gasteiger charge is -2.29. The molecule has 1 aliphatic rings. The van der Waals surface area contributed by atoms with Crippen LogP contribution in [0.4, 0.5) is 0 Å². The number of rotatable bonds is 12. The van der Waals surface area contributed by atoms with Crippen LogP contribution >= 0.6 is 0 Å². The zero-order chi connectivity index (χ0) is 26.8. The Hall–Kier alpha value is -3.76. The molecule has 0 aliphatic carbocycles. The molecule has 1 aromatic rings. The molecule has 0 radical (unpaired) electrons. The predicted octanol–water partition coefficient (Wildman–Crippen LogP) is 0.168. The summed E-state index contributed by atoms with van der Waals surface area (Å²) in [6.07, 6.45) is 0.750. The Morgan fingerprint density at radius 3 is 2.25 bits per heavy atom. The normalized spacial score (nSPS) is 17.4. The van der Waals surface area contributed by atoms with Crippen LogP contribution in [0.15, 0.2) is 30.3 Å². The first-order valence-corrected chi connectivity index (χ1v) is 12.0. The first kappa shape index (κ1) is 28.5. The third-order valence-corrected chi connectivity index (χ3v) is 5.99. The molecule has 4 atom stereocenters. The first-order valence-electron chi connectivity index (χ1n) is 12.0. The van der Waals surface area contributed by atoms with Crippen molar-refractivity contribution in [3.05, 3.63) is 35.9 Å². The summed E-state index contributed by atoms with van der Waals surface area (Å²) < 4.78 is 0. The van der Waals surface area contributed by atoms with Crippen LogP contribution in [0.25, 0.3) is 0 Å². The minimum absolute atomic E-state index is 0.192. The average Bonchev–Trinajstić information content (AvgIpc) is 3.32. The summed E-state index contributed by atoms with van der Waals surface area (Å²) in [4.78, 5) is 74.4. The standard InChI is InChI=1S/C25H34N4O7/c1-15(26-21(31)11-12-22(32)33)23(34)27-16(2)25(36)29-13-7-10-20(29)24(35)28-19(17(3)30)14-18-8-5-4-6-9-18/h4-6,8-9,15-16,19-20H,7,10-14H2,1-3H3,(H,26,31)(H,27,34)(H,28,35)(H,32,33). The van der Waals surface area contributed by atoms with Gasteiger partial charge in [-0.25, -0.2) is 0 Å². The van der Waals surface area contributed by atoms with Crippen molar-refractivity contribution in [3.8, 4) is 0 Å². The molecular weight excluding hydrogens is 468 g/mol. The van der Waals surface area contributed by atoms with E-state index in [-0.39, 0.29) is 18.6 Å². The van der Waals surface area contributed by atoms with Gasteiger partial charge in [-0.3, -0.25) is 28.8 Å². The van der Waals surface area contributed by atoms with Gasteiger partial charge in [0.25, 0.3) is 0 Å². The van der Waals surface area contributed by atoms with E-state index in [1.54, 1.807) is 0 Å². The summed E-state index contributed by atoms with van der Waals surface area (Å²) >= 11 is 0. The number of ketones is 1. The van der Waals surface area contributed by atoms with Gasteiger partial charge in [0, 0.05) is 13.0 Å². The molecule has 1 heterocycles.